The molecule has 1 fully saturated rings. The number of nitrogens with one attached hydrogen (secondary N) is 1. The largest absolute Gasteiger partial charge is 0.444 e. The topological polar surface area (TPSA) is 65.6 Å². The van der Waals surface area contributed by atoms with E-state index in [1.807, 2.05) is 57.2 Å². The number of rotatable bonds is 3. The van der Waals surface area contributed by atoms with Crippen LogP contribution < -0.4 is 5.56 Å². The van der Waals surface area contributed by atoms with Gasteiger partial charge in [-0.3, -0.25) is 9.69 Å². The van der Waals surface area contributed by atoms with Crippen molar-refractivity contribution in [2.45, 2.75) is 32.9 Å². The van der Waals surface area contributed by atoms with Gasteiger partial charge in [0.25, 0.3) is 5.56 Å². The lowest BCUT2D eigenvalue weighted by Crippen LogP contribution is -2.49. The van der Waals surface area contributed by atoms with Gasteiger partial charge in [-0.25, -0.2) is 4.79 Å². The lowest BCUT2D eigenvalue weighted by molar-refractivity contribution is 0.0139. The highest BCUT2D eigenvalue weighted by Crippen LogP contribution is 2.26. The number of halogens is 1. The van der Waals surface area contributed by atoms with Crippen molar-refractivity contribution in [3.05, 3.63) is 68.9 Å². The summed E-state index contributed by atoms with van der Waals surface area (Å²) in [6, 6.07) is 15.9. The van der Waals surface area contributed by atoms with Crippen molar-refractivity contribution in [3.8, 4) is 11.3 Å². The zero-order valence-electron chi connectivity index (χ0n) is 18.7. The molecule has 4 rings (SSSR count). The lowest BCUT2D eigenvalue weighted by Gasteiger charge is -2.35. The van der Waals surface area contributed by atoms with Gasteiger partial charge in [0.15, 0.2) is 0 Å². The predicted molar refractivity (Wildman–Crippen MR) is 131 cm³/mol. The molecule has 3 aromatic rings. The van der Waals surface area contributed by atoms with E-state index in [4.69, 9.17) is 4.74 Å². The van der Waals surface area contributed by atoms with Crippen LogP contribution in [0.2, 0.25) is 0 Å². The Labute approximate surface area is 196 Å². The Bertz CT molecular complexity index is 1170. The van der Waals surface area contributed by atoms with E-state index >= 15 is 0 Å². The van der Waals surface area contributed by atoms with Crippen LogP contribution in [0.25, 0.3) is 22.0 Å². The van der Waals surface area contributed by atoms with Gasteiger partial charge in [-0.05, 0) is 50.1 Å². The fourth-order valence-corrected chi connectivity index (χ4v) is 4.35. The van der Waals surface area contributed by atoms with E-state index in [-0.39, 0.29) is 11.7 Å². The Morgan fingerprint density at radius 1 is 1.03 bits per heavy atom. The molecule has 0 spiro atoms. The average Bonchev–Trinajstić information content (AvgIpc) is 2.74. The van der Waals surface area contributed by atoms with E-state index < -0.39 is 5.60 Å². The van der Waals surface area contributed by atoms with Crippen LogP contribution in [-0.2, 0) is 11.3 Å². The highest BCUT2D eigenvalue weighted by atomic mass is 79.9. The van der Waals surface area contributed by atoms with Crippen LogP contribution in [0.3, 0.4) is 0 Å². The Balaban J connectivity index is 1.40. The van der Waals surface area contributed by atoms with Crippen LogP contribution in [0.5, 0.6) is 0 Å². The highest BCUT2D eigenvalue weighted by molar-refractivity contribution is 9.10. The molecule has 1 saturated heterocycles. The number of amides is 1. The first-order valence-corrected chi connectivity index (χ1v) is 11.6. The summed E-state index contributed by atoms with van der Waals surface area (Å²) in [4.78, 5) is 31.8. The summed E-state index contributed by atoms with van der Waals surface area (Å²) in [6.07, 6.45) is -0.238. The van der Waals surface area contributed by atoms with E-state index in [0.717, 1.165) is 40.8 Å². The summed E-state index contributed by atoms with van der Waals surface area (Å²) in [5.74, 6) is 0. The molecule has 0 radical (unpaired) electrons. The summed E-state index contributed by atoms with van der Waals surface area (Å²) >= 11 is 3.54. The SMILES string of the molecule is CC(C)(C)OC(=O)N1CCN(Cc2ccc(-c3cc4c(Br)cccc4c(=O)[nH]3)cc2)CC1. The number of ether oxygens (including phenoxy) is 1. The van der Waals surface area contributed by atoms with Crippen molar-refractivity contribution >= 4 is 32.8 Å². The van der Waals surface area contributed by atoms with Crippen molar-refractivity contribution in [2.24, 2.45) is 0 Å². The average molecular weight is 498 g/mol. The second-order valence-corrected chi connectivity index (χ2v) is 10.0. The number of nitrogens with zero attached hydrogens (tertiary/aromatic N) is 2. The molecule has 0 bridgehead atoms. The standard InChI is InChI=1S/C25H28BrN3O3/c1-25(2,3)32-24(31)29-13-11-28(12-14-29)16-17-7-9-18(10-8-17)22-15-20-19(23(30)27-22)5-4-6-21(20)26/h4-10,15H,11-14,16H2,1-3H3,(H,27,30). The van der Waals surface area contributed by atoms with Gasteiger partial charge in [-0.15, -0.1) is 0 Å². The number of H-pyrrole nitrogens is 1. The van der Waals surface area contributed by atoms with Gasteiger partial charge in [0.05, 0.1) is 0 Å². The smallest absolute Gasteiger partial charge is 0.410 e. The molecule has 2 aromatic carbocycles. The van der Waals surface area contributed by atoms with E-state index in [1.54, 1.807) is 4.90 Å². The zero-order valence-corrected chi connectivity index (χ0v) is 20.2. The van der Waals surface area contributed by atoms with Crippen LogP contribution in [0.4, 0.5) is 4.79 Å². The molecular weight excluding hydrogens is 470 g/mol. The maximum absolute atomic E-state index is 12.5. The maximum Gasteiger partial charge on any atom is 0.410 e. The quantitative estimate of drug-likeness (QED) is 0.552. The molecule has 1 aromatic heterocycles. The number of benzene rings is 2. The van der Waals surface area contributed by atoms with E-state index in [9.17, 15) is 9.59 Å². The summed E-state index contributed by atoms with van der Waals surface area (Å²) in [5, 5.41) is 1.57. The Kier molecular flexibility index (Phi) is 6.40. The van der Waals surface area contributed by atoms with Crippen LogP contribution in [-0.4, -0.2) is 52.7 Å². The van der Waals surface area contributed by atoms with Crippen molar-refractivity contribution in [2.75, 3.05) is 26.2 Å². The van der Waals surface area contributed by atoms with Gasteiger partial charge in [0, 0.05) is 53.7 Å². The summed E-state index contributed by atoms with van der Waals surface area (Å²) in [7, 11) is 0. The van der Waals surface area contributed by atoms with Crippen molar-refractivity contribution < 1.29 is 9.53 Å². The fourth-order valence-electron chi connectivity index (χ4n) is 3.87. The molecule has 0 saturated carbocycles. The predicted octanol–water partition coefficient (Wildman–Crippen LogP) is 5.01. The minimum Gasteiger partial charge on any atom is -0.444 e. The minimum atomic E-state index is -0.471. The van der Waals surface area contributed by atoms with Crippen LogP contribution in [0, 0.1) is 0 Å². The number of fused-ring (bicyclic) bond motifs is 1. The Morgan fingerprint density at radius 3 is 2.38 bits per heavy atom. The molecule has 0 unspecified atom stereocenters. The van der Waals surface area contributed by atoms with Crippen molar-refractivity contribution in [1.82, 2.24) is 14.8 Å². The summed E-state index contributed by atoms with van der Waals surface area (Å²) < 4.78 is 6.38. The van der Waals surface area contributed by atoms with E-state index in [0.29, 0.717) is 18.5 Å². The van der Waals surface area contributed by atoms with Crippen molar-refractivity contribution in [1.29, 1.82) is 0 Å². The van der Waals surface area contributed by atoms with Gasteiger partial charge >= 0.3 is 6.09 Å². The Morgan fingerprint density at radius 2 is 1.72 bits per heavy atom. The second kappa shape index (κ2) is 9.08. The molecular formula is C25H28BrN3O3. The third-order valence-electron chi connectivity index (χ3n) is 5.53. The van der Waals surface area contributed by atoms with Crippen molar-refractivity contribution in [3.63, 3.8) is 0 Å². The number of aromatic amines is 1. The first-order chi connectivity index (χ1) is 15.2. The fraction of sp³-hybridized carbons (Fsp3) is 0.360. The highest BCUT2D eigenvalue weighted by Gasteiger charge is 2.25. The first kappa shape index (κ1) is 22.6. The second-order valence-electron chi connectivity index (χ2n) is 9.15. The number of piperazine rings is 1. The monoisotopic (exact) mass is 497 g/mol. The number of hydrogen-bond donors (Lipinski definition) is 1. The van der Waals surface area contributed by atoms with E-state index in [1.165, 1.54) is 5.56 Å². The van der Waals surface area contributed by atoms with Gasteiger partial charge < -0.3 is 14.6 Å². The number of carbonyl (C=O) groups is 1. The van der Waals surface area contributed by atoms with Gasteiger partial charge in [0.2, 0.25) is 0 Å². The molecule has 7 heteroatoms. The minimum absolute atomic E-state index is 0.0919. The molecule has 6 nitrogen and oxygen atoms in total. The molecule has 32 heavy (non-hydrogen) atoms. The van der Waals surface area contributed by atoms with E-state index in [2.05, 4.69) is 37.9 Å². The molecule has 1 N–H and O–H groups in total. The normalized spacial score (nSPS) is 15.2. The van der Waals surface area contributed by atoms with Crippen LogP contribution in [0.1, 0.15) is 26.3 Å². The summed E-state index contributed by atoms with van der Waals surface area (Å²) in [6.45, 7) is 9.44. The molecule has 1 aliphatic heterocycles. The van der Waals surface area contributed by atoms with Gasteiger partial charge in [-0.1, -0.05) is 46.3 Å². The summed E-state index contributed by atoms with van der Waals surface area (Å²) in [5.41, 5.74) is 2.40. The number of hydrogen-bond acceptors (Lipinski definition) is 4. The molecule has 168 valence electrons. The molecule has 0 atom stereocenters. The first-order valence-electron chi connectivity index (χ1n) is 10.8. The molecule has 0 aliphatic carbocycles. The molecule has 1 aliphatic rings. The van der Waals surface area contributed by atoms with Crippen LogP contribution in [0.15, 0.2) is 57.8 Å². The third-order valence-corrected chi connectivity index (χ3v) is 6.22. The number of aromatic nitrogens is 1. The van der Waals surface area contributed by atoms with Gasteiger partial charge in [-0.2, -0.15) is 0 Å². The third kappa shape index (κ3) is 5.22. The maximum atomic E-state index is 12.5. The molecule has 2 heterocycles. The van der Waals surface area contributed by atoms with Gasteiger partial charge in [0.1, 0.15) is 5.60 Å². The zero-order chi connectivity index (χ0) is 22.9. The molecule has 1 amide bonds. The number of pyridine rings is 1. The van der Waals surface area contributed by atoms with Crippen LogP contribution >= 0.6 is 15.9 Å². The number of carbonyl (C=O) groups excluding carboxylic acids is 1. The Hall–Kier alpha value is -2.64. The lowest BCUT2D eigenvalue weighted by atomic mass is 10.1.